The van der Waals surface area contributed by atoms with Crippen LogP contribution in [-0.2, 0) is 16.1 Å². The Labute approximate surface area is 198 Å². The lowest BCUT2D eigenvalue weighted by atomic mass is 9.90. The second kappa shape index (κ2) is 11.2. The first-order valence-corrected chi connectivity index (χ1v) is 12.8. The molecule has 2 aliphatic rings. The molecule has 0 atom stereocenters. The van der Waals surface area contributed by atoms with Crippen LogP contribution < -0.4 is 10.2 Å². The number of aromatic nitrogens is 2. The first-order valence-electron chi connectivity index (χ1n) is 11.6. The number of piperazine rings is 1. The highest BCUT2D eigenvalue weighted by molar-refractivity contribution is 7.15. The Balaban J connectivity index is 1.16. The number of amides is 2. The number of rotatable bonds is 7. The van der Waals surface area contributed by atoms with Crippen LogP contribution in [0.1, 0.15) is 61.4 Å². The third kappa shape index (κ3) is 6.49. The SMILES string of the molecule is O=C(CCC(=O)N1CC[NH+](Cc2ccc(Cl)cc2)CC1)Nc1nnc(C2CCCCC2)s1. The fourth-order valence-electron chi connectivity index (χ4n) is 4.50. The summed E-state index contributed by atoms with van der Waals surface area (Å²) in [6, 6.07) is 7.95. The Morgan fingerprint density at radius 2 is 1.78 bits per heavy atom. The van der Waals surface area contributed by atoms with Crippen LogP contribution in [0.3, 0.4) is 0 Å². The summed E-state index contributed by atoms with van der Waals surface area (Å²) in [6.07, 6.45) is 6.50. The van der Waals surface area contributed by atoms with Gasteiger partial charge in [-0.15, -0.1) is 10.2 Å². The molecule has 1 aromatic carbocycles. The molecule has 1 aliphatic heterocycles. The molecule has 2 heterocycles. The molecular weight excluding hydrogens is 446 g/mol. The van der Waals surface area contributed by atoms with Crippen LogP contribution in [0, 0.1) is 0 Å². The zero-order chi connectivity index (χ0) is 22.3. The van der Waals surface area contributed by atoms with Gasteiger partial charge in [0, 0.05) is 29.3 Å². The summed E-state index contributed by atoms with van der Waals surface area (Å²) in [4.78, 5) is 28.2. The molecule has 172 valence electrons. The van der Waals surface area contributed by atoms with Crippen LogP contribution in [0.5, 0.6) is 0 Å². The number of nitrogens with one attached hydrogen (secondary N) is 2. The Hall–Kier alpha value is -2.03. The first-order chi connectivity index (χ1) is 15.6. The fraction of sp³-hybridized carbons (Fsp3) is 0.565. The largest absolute Gasteiger partial charge is 0.331 e. The van der Waals surface area contributed by atoms with Crippen molar-refractivity contribution in [3.63, 3.8) is 0 Å². The van der Waals surface area contributed by atoms with Gasteiger partial charge >= 0.3 is 0 Å². The number of anilines is 1. The van der Waals surface area contributed by atoms with Crippen molar-refractivity contribution in [3.8, 4) is 0 Å². The van der Waals surface area contributed by atoms with Crippen molar-refractivity contribution in [1.82, 2.24) is 15.1 Å². The van der Waals surface area contributed by atoms with Crippen LogP contribution in [0.25, 0.3) is 0 Å². The number of halogens is 1. The van der Waals surface area contributed by atoms with Gasteiger partial charge in [0.15, 0.2) is 0 Å². The zero-order valence-corrected chi connectivity index (χ0v) is 19.9. The van der Waals surface area contributed by atoms with E-state index in [0.717, 1.165) is 55.6 Å². The summed E-state index contributed by atoms with van der Waals surface area (Å²) in [5.41, 5.74) is 1.25. The molecule has 1 aromatic heterocycles. The van der Waals surface area contributed by atoms with Gasteiger partial charge in [-0.05, 0) is 25.0 Å². The van der Waals surface area contributed by atoms with E-state index in [-0.39, 0.29) is 24.7 Å². The van der Waals surface area contributed by atoms with Crippen LogP contribution >= 0.6 is 22.9 Å². The van der Waals surface area contributed by atoms with Crippen LogP contribution in [-0.4, -0.2) is 53.1 Å². The van der Waals surface area contributed by atoms with E-state index in [0.29, 0.717) is 11.0 Å². The summed E-state index contributed by atoms with van der Waals surface area (Å²) in [6.45, 7) is 4.21. The predicted molar refractivity (Wildman–Crippen MR) is 126 cm³/mol. The second-order valence-corrected chi connectivity index (χ2v) is 10.2. The molecule has 1 saturated carbocycles. The normalized spacial score (nSPS) is 18.0. The molecule has 0 bridgehead atoms. The van der Waals surface area contributed by atoms with Gasteiger partial charge in [-0.25, -0.2) is 0 Å². The van der Waals surface area contributed by atoms with Crippen molar-refractivity contribution < 1.29 is 14.5 Å². The minimum atomic E-state index is -0.170. The second-order valence-electron chi connectivity index (χ2n) is 8.76. The standard InChI is InChI=1S/C23H30ClN5O2S/c24-19-8-6-17(7-9-19)16-28-12-14-29(15-13-28)21(31)11-10-20(30)25-23-27-26-22(32-23)18-4-2-1-3-5-18/h6-9,18H,1-5,10-16H2,(H,25,27,30)/p+1. The van der Waals surface area contributed by atoms with E-state index in [1.807, 2.05) is 17.0 Å². The molecule has 7 nitrogen and oxygen atoms in total. The number of hydrogen-bond donors (Lipinski definition) is 2. The minimum Gasteiger partial charge on any atom is -0.331 e. The van der Waals surface area contributed by atoms with Gasteiger partial charge in [0.2, 0.25) is 16.9 Å². The lowest BCUT2D eigenvalue weighted by molar-refractivity contribution is -0.917. The van der Waals surface area contributed by atoms with Crippen LogP contribution in [0.2, 0.25) is 5.02 Å². The van der Waals surface area contributed by atoms with Gasteiger partial charge in [0.1, 0.15) is 11.6 Å². The molecule has 32 heavy (non-hydrogen) atoms. The van der Waals surface area contributed by atoms with E-state index < -0.39 is 0 Å². The Morgan fingerprint density at radius 1 is 1.06 bits per heavy atom. The maximum Gasteiger partial charge on any atom is 0.226 e. The van der Waals surface area contributed by atoms with E-state index in [4.69, 9.17) is 11.6 Å². The summed E-state index contributed by atoms with van der Waals surface area (Å²) >= 11 is 7.43. The number of carbonyl (C=O) groups excluding carboxylic acids is 2. The Kier molecular flexibility index (Phi) is 8.10. The zero-order valence-electron chi connectivity index (χ0n) is 18.3. The number of carbonyl (C=O) groups is 2. The molecule has 1 aliphatic carbocycles. The third-order valence-electron chi connectivity index (χ3n) is 6.40. The minimum absolute atomic E-state index is 0.0471. The maximum atomic E-state index is 12.6. The molecule has 2 aromatic rings. The van der Waals surface area contributed by atoms with Crippen molar-refractivity contribution >= 4 is 39.9 Å². The third-order valence-corrected chi connectivity index (χ3v) is 7.65. The van der Waals surface area contributed by atoms with Crippen molar-refractivity contribution in [1.29, 1.82) is 0 Å². The number of nitrogens with zero attached hydrogens (tertiary/aromatic N) is 3. The number of quaternary nitrogens is 1. The topological polar surface area (TPSA) is 79.6 Å². The number of hydrogen-bond acceptors (Lipinski definition) is 5. The van der Waals surface area contributed by atoms with E-state index in [2.05, 4.69) is 27.6 Å². The quantitative estimate of drug-likeness (QED) is 0.644. The van der Waals surface area contributed by atoms with Crippen LogP contribution in [0.15, 0.2) is 24.3 Å². The van der Waals surface area contributed by atoms with Gasteiger partial charge in [-0.1, -0.05) is 54.3 Å². The average Bonchev–Trinajstić information content (AvgIpc) is 3.28. The van der Waals surface area contributed by atoms with E-state index in [9.17, 15) is 9.59 Å². The fourth-order valence-corrected chi connectivity index (χ4v) is 5.55. The molecule has 0 spiro atoms. The maximum absolute atomic E-state index is 12.6. The van der Waals surface area contributed by atoms with E-state index >= 15 is 0 Å². The van der Waals surface area contributed by atoms with Gasteiger partial charge < -0.3 is 15.1 Å². The Bertz CT molecular complexity index is 905. The monoisotopic (exact) mass is 476 g/mol. The molecule has 9 heteroatoms. The molecule has 0 unspecified atom stereocenters. The molecule has 4 rings (SSSR count). The summed E-state index contributed by atoms with van der Waals surface area (Å²) in [5, 5.41) is 13.5. The Morgan fingerprint density at radius 3 is 2.50 bits per heavy atom. The summed E-state index contributed by atoms with van der Waals surface area (Å²) in [7, 11) is 0. The van der Waals surface area contributed by atoms with E-state index in [1.54, 1.807) is 0 Å². The van der Waals surface area contributed by atoms with Crippen molar-refractivity contribution in [3.05, 3.63) is 39.9 Å². The molecule has 2 fully saturated rings. The molecule has 0 radical (unpaired) electrons. The lowest BCUT2D eigenvalue weighted by Crippen LogP contribution is -3.13. The van der Waals surface area contributed by atoms with E-state index in [1.165, 1.54) is 41.1 Å². The van der Waals surface area contributed by atoms with Gasteiger partial charge in [0.05, 0.1) is 26.2 Å². The highest BCUT2D eigenvalue weighted by Gasteiger charge is 2.24. The predicted octanol–water partition coefficient (Wildman–Crippen LogP) is 2.89. The summed E-state index contributed by atoms with van der Waals surface area (Å²) < 4.78 is 0. The van der Waals surface area contributed by atoms with Gasteiger partial charge in [-0.3, -0.25) is 9.59 Å². The van der Waals surface area contributed by atoms with Gasteiger partial charge in [0.25, 0.3) is 0 Å². The number of benzene rings is 1. The molecule has 1 saturated heterocycles. The van der Waals surface area contributed by atoms with Crippen molar-refractivity contribution in [2.24, 2.45) is 0 Å². The molecular formula is C23H31ClN5O2S+. The van der Waals surface area contributed by atoms with Gasteiger partial charge in [-0.2, -0.15) is 0 Å². The average molecular weight is 477 g/mol. The van der Waals surface area contributed by atoms with Crippen molar-refractivity contribution in [2.75, 3.05) is 31.5 Å². The van der Waals surface area contributed by atoms with Crippen LogP contribution in [0.4, 0.5) is 5.13 Å². The lowest BCUT2D eigenvalue weighted by Gasteiger charge is -2.32. The molecule has 2 amide bonds. The highest BCUT2D eigenvalue weighted by Crippen LogP contribution is 2.35. The summed E-state index contributed by atoms with van der Waals surface area (Å²) in [5.74, 6) is 0.358. The first kappa shape index (κ1) is 23.1. The van der Waals surface area contributed by atoms with Crippen molar-refractivity contribution in [2.45, 2.75) is 57.4 Å². The molecule has 2 N–H and O–H groups in total. The smallest absolute Gasteiger partial charge is 0.226 e. The highest BCUT2D eigenvalue weighted by atomic mass is 35.5.